The molecular weight excluding hydrogens is 637 g/mol. The first-order valence-corrected chi connectivity index (χ1v) is 17.5. The van der Waals surface area contributed by atoms with Crippen molar-refractivity contribution in [1.82, 2.24) is 15.0 Å². The Morgan fingerprint density at radius 1 is 0.809 bits per heavy atom. The Balaban J connectivity index is 1.76. The minimum absolute atomic E-state index is 0.0400. The first-order valence-electron chi connectivity index (χ1n) is 15.4. The molecule has 0 fully saturated rings. The molecule has 4 rings (SSSR count). The molecule has 4 aromatic rings. The maximum absolute atomic E-state index is 11.7. The first kappa shape index (κ1) is 35.5. The van der Waals surface area contributed by atoms with E-state index in [0.717, 1.165) is 43.1 Å². The van der Waals surface area contributed by atoms with Crippen LogP contribution in [0.2, 0.25) is 0 Å². The van der Waals surface area contributed by atoms with Gasteiger partial charge in [0.25, 0.3) is 0 Å². The molecule has 0 saturated carbocycles. The Morgan fingerprint density at radius 2 is 1.38 bits per heavy atom. The maximum Gasteiger partial charge on any atom is 0.233 e. The summed E-state index contributed by atoms with van der Waals surface area (Å²) in [5.41, 5.74) is 11.9. The molecule has 0 aliphatic carbocycles. The van der Waals surface area contributed by atoms with E-state index >= 15 is 0 Å². The van der Waals surface area contributed by atoms with Crippen LogP contribution >= 0.6 is 11.8 Å². The molecule has 47 heavy (non-hydrogen) atoms. The number of hydrogen-bond acceptors (Lipinski definition) is 13. The predicted molar refractivity (Wildman–Crippen MR) is 193 cm³/mol. The number of aliphatic hydroxyl groups is 1. The lowest BCUT2D eigenvalue weighted by Crippen LogP contribution is -2.21. The summed E-state index contributed by atoms with van der Waals surface area (Å²) >= 11 is -0.847. The number of anilines is 7. The molecule has 13 nitrogen and oxygen atoms in total. The van der Waals surface area contributed by atoms with Gasteiger partial charge in [0.15, 0.2) is 16.2 Å². The number of nitrogens with zero attached hydrogens (tertiary/aromatic N) is 7. The van der Waals surface area contributed by atoms with E-state index in [2.05, 4.69) is 73.3 Å². The number of aryl methyl sites for hydroxylation is 1. The quantitative estimate of drug-likeness (QED) is 0.0355. The maximum atomic E-state index is 11.7. The first-order chi connectivity index (χ1) is 22.7. The van der Waals surface area contributed by atoms with Crippen molar-refractivity contribution in [2.24, 2.45) is 10.2 Å². The van der Waals surface area contributed by atoms with Gasteiger partial charge < -0.3 is 35.8 Å². The van der Waals surface area contributed by atoms with Crippen LogP contribution in [0.15, 0.2) is 74.9 Å². The van der Waals surface area contributed by atoms with E-state index in [1.54, 1.807) is 18.2 Å². The summed E-state index contributed by atoms with van der Waals surface area (Å²) in [6, 6.07) is 16.4. The summed E-state index contributed by atoms with van der Waals surface area (Å²) in [6.45, 7) is 13.5. The molecule has 0 bridgehead atoms. The molecule has 0 saturated heterocycles. The molecule has 0 radical (unpaired) electrons. The van der Waals surface area contributed by atoms with Crippen LogP contribution in [0.3, 0.4) is 0 Å². The van der Waals surface area contributed by atoms with Crippen LogP contribution in [0.4, 0.5) is 51.7 Å². The fourth-order valence-electron chi connectivity index (χ4n) is 4.76. The molecular formula is C32H42N10O3S2. The van der Waals surface area contributed by atoms with Crippen molar-refractivity contribution in [1.29, 1.82) is 0 Å². The van der Waals surface area contributed by atoms with Gasteiger partial charge in [-0.15, -0.1) is 5.11 Å². The van der Waals surface area contributed by atoms with Crippen LogP contribution in [0.5, 0.6) is 0 Å². The molecule has 1 atom stereocenters. The summed E-state index contributed by atoms with van der Waals surface area (Å²) in [5.74, 6) is 0.929. The Labute approximate surface area is 282 Å². The normalized spacial score (nSPS) is 11.9. The Kier molecular flexibility index (Phi) is 12.9. The Bertz CT molecular complexity index is 1720. The number of nitrogens with one attached hydrogen (secondary N) is 2. The lowest BCUT2D eigenvalue weighted by molar-refractivity contribution is 0.322. The highest BCUT2D eigenvalue weighted by Crippen LogP contribution is 2.35. The van der Waals surface area contributed by atoms with Crippen molar-refractivity contribution < 1.29 is 13.9 Å². The smallest absolute Gasteiger partial charge is 0.233 e. The van der Waals surface area contributed by atoms with Gasteiger partial charge in [0.1, 0.15) is 5.69 Å². The molecule has 1 heterocycles. The van der Waals surface area contributed by atoms with Gasteiger partial charge >= 0.3 is 0 Å². The summed E-state index contributed by atoms with van der Waals surface area (Å²) in [6.07, 6.45) is 0. The summed E-state index contributed by atoms with van der Waals surface area (Å²) in [7, 11) is 0. The van der Waals surface area contributed by atoms with E-state index < -0.39 is 11.1 Å². The number of hydrogen-bond donors (Lipinski definition) is 5. The lowest BCUT2D eigenvalue weighted by Gasteiger charge is -2.22. The van der Waals surface area contributed by atoms with Crippen LogP contribution in [0, 0.1) is 6.92 Å². The average molecular weight is 679 g/mol. The summed E-state index contributed by atoms with van der Waals surface area (Å²) < 4.78 is 21.2. The highest BCUT2D eigenvalue weighted by molar-refractivity contribution is 7.99. The van der Waals surface area contributed by atoms with E-state index in [-0.39, 0.29) is 23.4 Å². The van der Waals surface area contributed by atoms with Gasteiger partial charge in [0.2, 0.25) is 11.9 Å². The minimum atomic E-state index is -2.14. The van der Waals surface area contributed by atoms with Crippen molar-refractivity contribution in [3.63, 3.8) is 0 Å². The highest BCUT2D eigenvalue weighted by atomic mass is 32.2. The molecule has 6 N–H and O–H groups in total. The van der Waals surface area contributed by atoms with Crippen molar-refractivity contribution in [2.75, 3.05) is 64.7 Å². The second kappa shape index (κ2) is 17.0. The number of nitrogen functional groups attached to an aromatic ring is 1. The number of aliphatic hydroxyl groups excluding tert-OH is 1. The third-order valence-electron chi connectivity index (χ3n) is 7.35. The van der Waals surface area contributed by atoms with Crippen molar-refractivity contribution in [3.05, 3.63) is 60.2 Å². The zero-order valence-corrected chi connectivity index (χ0v) is 28.9. The number of benzene rings is 3. The molecule has 1 aromatic heterocycles. The van der Waals surface area contributed by atoms with E-state index in [0.29, 0.717) is 39.3 Å². The van der Waals surface area contributed by atoms with Gasteiger partial charge in [0.05, 0.1) is 34.3 Å². The van der Waals surface area contributed by atoms with Crippen LogP contribution in [0.25, 0.3) is 0 Å². The lowest BCUT2D eigenvalue weighted by atomic mass is 10.2. The third-order valence-corrected chi connectivity index (χ3v) is 8.84. The zero-order chi connectivity index (χ0) is 33.9. The number of nitrogens with two attached hydrogens (primary N) is 1. The van der Waals surface area contributed by atoms with E-state index in [1.165, 1.54) is 11.8 Å². The topological polar surface area (TPSA) is 177 Å². The number of rotatable bonds is 16. The van der Waals surface area contributed by atoms with Crippen LogP contribution in [-0.4, -0.2) is 67.4 Å². The summed E-state index contributed by atoms with van der Waals surface area (Å²) in [4.78, 5) is 18.5. The summed E-state index contributed by atoms with van der Waals surface area (Å²) in [5, 5.41) is 25.4. The second-order valence-corrected chi connectivity index (χ2v) is 12.3. The minimum Gasteiger partial charge on any atom is -0.397 e. The second-order valence-electron chi connectivity index (χ2n) is 10.3. The highest BCUT2D eigenvalue weighted by Gasteiger charge is 2.15. The van der Waals surface area contributed by atoms with Gasteiger partial charge in [-0.25, -0.2) is 4.21 Å². The largest absolute Gasteiger partial charge is 0.397 e. The Hall–Kier alpha value is -4.31. The van der Waals surface area contributed by atoms with Gasteiger partial charge in [-0.05, 0) is 88.7 Å². The molecule has 0 spiro atoms. The van der Waals surface area contributed by atoms with E-state index in [1.807, 2.05) is 43.3 Å². The molecule has 15 heteroatoms. The number of thioether (sulfide) groups is 1. The predicted octanol–water partition coefficient (Wildman–Crippen LogP) is 7.02. The molecule has 0 aliphatic heterocycles. The van der Waals surface area contributed by atoms with Crippen LogP contribution < -0.4 is 26.2 Å². The fraction of sp³-hybridized carbons (Fsp3) is 0.344. The van der Waals surface area contributed by atoms with E-state index in [9.17, 15) is 13.9 Å². The molecule has 250 valence electrons. The third kappa shape index (κ3) is 9.38. The van der Waals surface area contributed by atoms with Crippen LogP contribution in [-0.2, 0) is 11.1 Å². The fourth-order valence-corrected chi connectivity index (χ4v) is 5.73. The average Bonchev–Trinajstić information content (AvgIpc) is 3.06. The van der Waals surface area contributed by atoms with Gasteiger partial charge in [-0.2, -0.15) is 20.1 Å². The molecule has 3 aromatic carbocycles. The van der Waals surface area contributed by atoms with Crippen molar-refractivity contribution >= 4 is 74.6 Å². The molecule has 0 amide bonds. The standard InChI is InChI=1S/C32H42N10O3S2/c1-6-41(7-2)22-11-14-25(33)28(18-22)34-30-36-31(38-32(37-30)46-17-16-43)35-29-19-23(42(8-3)9-4)12-15-26(29)39-40-27-20-24(47(44)45)13-10-21(27)5/h10-15,18-20,43H,6-9,16-17,33H2,1-5H3,(H,44,45)(H2,34,35,36,37,38). The number of aromatic nitrogens is 3. The van der Waals surface area contributed by atoms with Gasteiger partial charge in [0, 0.05) is 43.3 Å². The van der Waals surface area contributed by atoms with Crippen molar-refractivity contribution in [2.45, 2.75) is 44.7 Å². The zero-order valence-electron chi connectivity index (χ0n) is 27.3. The van der Waals surface area contributed by atoms with E-state index in [4.69, 9.17) is 5.73 Å². The Morgan fingerprint density at radius 3 is 1.98 bits per heavy atom. The SMILES string of the molecule is CCN(CC)c1ccc(N)c(Nc2nc(Nc3cc(N(CC)CC)ccc3N=Nc3cc(S(=O)O)ccc3C)nc(SCCO)n2)c1. The van der Waals surface area contributed by atoms with Gasteiger partial charge in [-0.3, -0.25) is 0 Å². The van der Waals surface area contributed by atoms with Crippen molar-refractivity contribution in [3.8, 4) is 0 Å². The molecule has 1 unspecified atom stereocenters. The molecule has 0 aliphatic rings. The van der Waals surface area contributed by atoms with Crippen LogP contribution in [0.1, 0.15) is 33.3 Å². The monoisotopic (exact) mass is 678 g/mol. The number of azo groups is 1. The van der Waals surface area contributed by atoms with Gasteiger partial charge in [-0.1, -0.05) is 17.8 Å².